The van der Waals surface area contributed by atoms with E-state index in [2.05, 4.69) is 21.5 Å². The molecule has 2 heterocycles. The molecule has 1 aromatic rings. The zero-order chi connectivity index (χ0) is 10.7. The van der Waals surface area contributed by atoms with Gasteiger partial charge in [0, 0.05) is 11.8 Å². The number of nitrogens with zero attached hydrogens (tertiary/aromatic N) is 1. The molecule has 1 aliphatic heterocycles. The van der Waals surface area contributed by atoms with E-state index in [1.807, 2.05) is 6.26 Å². The zero-order valence-electron chi connectivity index (χ0n) is 8.66. The molecule has 0 saturated carbocycles. The van der Waals surface area contributed by atoms with Gasteiger partial charge in [0.25, 0.3) is 0 Å². The fourth-order valence-electron chi connectivity index (χ4n) is 1.62. The van der Waals surface area contributed by atoms with E-state index in [-0.39, 0.29) is 0 Å². The topological polar surface area (TPSA) is 50.9 Å². The minimum absolute atomic E-state index is 0.661. The van der Waals surface area contributed by atoms with E-state index >= 15 is 0 Å². The van der Waals surface area contributed by atoms with Gasteiger partial charge in [-0.25, -0.2) is 0 Å². The van der Waals surface area contributed by atoms with Crippen molar-refractivity contribution in [2.75, 3.05) is 29.6 Å². The molecule has 3 N–H and O–H groups in total. The second-order valence-corrected chi connectivity index (χ2v) is 6.44. The third-order valence-corrected chi connectivity index (χ3v) is 5.56. The van der Waals surface area contributed by atoms with Crippen LogP contribution in [0.15, 0.2) is 4.90 Å². The van der Waals surface area contributed by atoms with Gasteiger partial charge in [0.05, 0.1) is 4.90 Å². The Kier molecular flexibility index (Phi) is 4.05. The monoisotopic (exact) mass is 261 g/mol. The first-order chi connectivity index (χ1) is 7.31. The van der Waals surface area contributed by atoms with Crippen molar-refractivity contribution in [1.82, 2.24) is 4.37 Å². The number of rotatable bonds is 4. The van der Waals surface area contributed by atoms with Crippen LogP contribution in [0.4, 0.5) is 10.8 Å². The number of nitrogen functional groups attached to an aromatic ring is 1. The van der Waals surface area contributed by atoms with Crippen molar-refractivity contribution in [2.45, 2.75) is 23.0 Å². The number of thioether (sulfide) groups is 2. The van der Waals surface area contributed by atoms with Gasteiger partial charge in [-0.15, -0.1) is 11.8 Å². The highest BCUT2D eigenvalue weighted by Gasteiger charge is 2.17. The third-order valence-electron chi connectivity index (χ3n) is 2.39. The van der Waals surface area contributed by atoms with Crippen LogP contribution in [-0.2, 0) is 0 Å². The molecule has 0 aromatic carbocycles. The van der Waals surface area contributed by atoms with Gasteiger partial charge in [0.1, 0.15) is 5.00 Å². The maximum absolute atomic E-state index is 5.77. The molecule has 0 radical (unpaired) electrons. The number of anilines is 2. The molecule has 1 aromatic heterocycles. The van der Waals surface area contributed by atoms with Crippen LogP contribution in [0, 0.1) is 0 Å². The summed E-state index contributed by atoms with van der Waals surface area (Å²) in [6, 6.07) is 0. The fourth-order valence-corrected chi connectivity index (χ4v) is 4.37. The molecular formula is C9H15N3S3. The van der Waals surface area contributed by atoms with Crippen molar-refractivity contribution in [2.24, 2.45) is 0 Å². The Morgan fingerprint density at radius 1 is 1.67 bits per heavy atom. The summed E-state index contributed by atoms with van der Waals surface area (Å²) in [5.74, 6) is 1.97. The standard InChI is InChI=1S/C9H15N3S3/c1-13-7-8(10)12-15-9(7)11-5-6-3-2-4-14-6/h6,11H,2-5H2,1H3,(H2,10,12). The predicted molar refractivity (Wildman–Crippen MR) is 72.3 cm³/mol. The summed E-state index contributed by atoms with van der Waals surface area (Å²) in [5, 5.41) is 5.36. The molecule has 6 heteroatoms. The second kappa shape index (κ2) is 5.32. The van der Waals surface area contributed by atoms with E-state index in [4.69, 9.17) is 5.73 Å². The molecule has 2 rings (SSSR count). The fraction of sp³-hybridized carbons (Fsp3) is 0.667. The molecule has 1 atom stereocenters. The SMILES string of the molecule is CSc1c(N)nsc1NCC1CCCS1. The van der Waals surface area contributed by atoms with Gasteiger partial charge in [0.2, 0.25) is 0 Å². The van der Waals surface area contributed by atoms with E-state index in [9.17, 15) is 0 Å². The number of nitrogens with two attached hydrogens (primary N) is 1. The van der Waals surface area contributed by atoms with Crippen LogP contribution >= 0.6 is 35.1 Å². The average molecular weight is 261 g/mol. The largest absolute Gasteiger partial charge is 0.382 e. The molecule has 0 bridgehead atoms. The Balaban J connectivity index is 1.92. The molecule has 0 spiro atoms. The molecule has 15 heavy (non-hydrogen) atoms. The molecule has 0 aliphatic carbocycles. The lowest BCUT2D eigenvalue weighted by molar-refractivity contribution is 0.806. The maximum atomic E-state index is 5.77. The second-order valence-electron chi connectivity index (χ2n) is 3.45. The molecular weight excluding hydrogens is 246 g/mol. The first-order valence-electron chi connectivity index (χ1n) is 4.96. The van der Waals surface area contributed by atoms with Crippen molar-refractivity contribution >= 4 is 45.9 Å². The average Bonchev–Trinajstić information content (AvgIpc) is 2.84. The van der Waals surface area contributed by atoms with Gasteiger partial charge in [-0.3, -0.25) is 0 Å². The Morgan fingerprint density at radius 3 is 3.20 bits per heavy atom. The van der Waals surface area contributed by atoms with Gasteiger partial charge in [-0.05, 0) is 36.4 Å². The Bertz CT molecular complexity index is 320. The number of hydrogen-bond donors (Lipinski definition) is 2. The van der Waals surface area contributed by atoms with Crippen molar-refractivity contribution in [3.8, 4) is 0 Å². The van der Waals surface area contributed by atoms with Crippen LogP contribution in [0.25, 0.3) is 0 Å². The summed E-state index contributed by atoms with van der Waals surface area (Å²) < 4.78 is 4.16. The zero-order valence-corrected chi connectivity index (χ0v) is 11.1. The smallest absolute Gasteiger partial charge is 0.153 e. The lowest BCUT2D eigenvalue weighted by atomic mass is 10.2. The molecule has 1 fully saturated rings. The third kappa shape index (κ3) is 2.73. The molecule has 1 aliphatic rings. The highest BCUT2D eigenvalue weighted by molar-refractivity contribution is 8.00. The lowest BCUT2D eigenvalue weighted by Gasteiger charge is -2.10. The summed E-state index contributed by atoms with van der Waals surface area (Å²) in [6.45, 7) is 1.04. The number of nitrogens with one attached hydrogen (secondary N) is 1. The Labute approximate surface area is 103 Å². The maximum Gasteiger partial charge on any atom is 0.153 e. The molecule has 1 unspecified atom stereocenters. The summed E-state index contributed by atoms with van der Waals surface area (Å²) in [4.78, 5) is 1.10. The first kappa shape index (κ1) is 11.4. The van der Waals surface area contributed by atoms with Gasteiger partial charge < -0.3 is 11.1 Å². The number of hydrogen-bond acceptors (Lipinski definition) is 6. The van der Waals surface area contributed by atoms with Crippen molar-refractivity contribution < 1.29 is 0 Å². The van der Waals surface area contributed by atoms with Crippen LogP contribution in [0.1, 0.15) is 12.8 Å². The number of aromatic nitrogens is 1. The van der Waals surface area contributed by atoms with Gasteiger partial charge in [-0.2, -0.15) is 16.1 Å². The van der Waals surface area contributed by atoms with E-state index in [1.165, 1.54) is 30.1 Å². The lowest BCUT2D eigenvalue weighted by Crippen LogP contribution is -2.13. The highest BCUT2D eigenvalue weighted by Crippen LogP contribution is 2.35. The van der Waals surface area contributed by atoms with E-state index in [1.54, 1.807) is 11.8 Å². The first-order valence-corrected chi connectivity index (χ1v) is 8.00. The summed E-state index contributed by atoms with van der Waals surface area (Å²) in [6.07, 6.45) is 4.73. The summed E-state index contributed by atoms with van der Waals surface area (Å²) >= 11 is 5.20. The highest BCUT2D eigenvalue weighted by atomic mass is 32.2. The predicted octanol–water partition coefficient (Wildman–Crippen LogP) is 2.75. The Morgan fingerprint density at radius 2 is 2.53 bits per heavy atom. The molecule has 84 valence electrons. The minimum Gasteiger partial charge on any atom is -0.382 e. The molecule has 1 saturated heterocycles. The Hall–Kier alpha value is -0.0700. The van der Waals surface area contributed by atoms with Crippen LogP contribution < -0.4 is 11.1 Å². The van der Waals surface area contributed by atoms with Crippen LogP contribution in [-0.4, -0.2) is 28.2 Å². The van der Waals surface area contributed by atoms with E-state index in [0.29, 0.717) is 5.82 Å². The normalized spacial score (nSPS) is 20.7. The quantitative estimate of drug-likeness (QED) is 0.816. The molecule has 0 amide bonds. The van der Waals surface area contributed by atoms with Crippen molar-refractivity contribution in [3.05, 3.63) is 0 Å². The van der Waals surface area contributed by atoms with Gasteiger partial charge in [0.15, 0.2) is 5.82 Å². The van der Waals surface area contributed by atoms with E-state index in [0.717, 1.165) is 21.7 Å². The van der Waals surface area contributed by atoms with Crippen molar-refractivity contribution in [3.63, 3.8) is 0 Å². The molecule has 3 nitrogen and oxygen atoms in total. The summed E-state index contributed by atoms with van der Waals surface area (Å²) in [5.41, 5.74) is 5.77. The van der Waals surface area contributed by atoms with Crippen LogP contribution in [0.3, 0.4) is 0 Å². The van der Waals surface area contributed by atoms with Gasteiger partial charge in [-0.1, -0.05) is 0 Å². The van der Waals surface area contributed by atoms with E-state index < -0.39 is 0 Å². The van der Waals surface area contributed by atoms with Crippen LogP contribution in [0.5, 0.6) is 0 Å². The van der Waals surface area contributed by atoms with Crippen molar-refractivity contribution in [1.29, 1.82) is 0 Å². The minimum atomic E-state index is 0.661. The van der Waals surface area contributed by atoms with Gasteiger partial charge >= 0.3 is 0 Å². The van der Waals surface area contributed by atoms with Crippen LogP contribution in [0.2, 0.25) is 0 Å². The summed E-state index contributed by atoms with van der Waals surface area (Å²) in [7, 11) is 0.